The third-order valence-corrected chi connectivity index (χ3v) is 5.59. The molecule has 4 heteroatoms. The average molecular weight is 367 g/mol. The first-order valence-corrected chi connectivity index (χ1v) is 10.5. The van der Waals surface area contributed by atoms with E-state index < -0.39 is 12.1 Å². The highest BCUT2D eigenvalue weighted by Gasteiger charge is 2.32. The Bertz CT molecular complexity index is 443. The van der Waals surface area contributed by atoms with E-state index in [9.17, 15) is 14.7 Å². The fourth-order valence-corrected chi connectivity index (χ4v) is 3.97. The van der Waals surface area contributed by atoms with E-state index >= 15 is 0 Å². The molecule has 150 valence electrons. The van der Waals surface area contributed by atoms with Crippen molar-refractivity contribution in [2.24, 2.45) is 17.8 Å². The molecule has 0 aliphatic heterocycles. The molecule has 0 amide bonds. The average Bonchev–Trinajstić information content (AvgIpc) is 2.94. The lowest BCUT2D eigenvalue weighted by atomic mass is 9.89. The SMILES string of the molecule is CCCCC(C)CC(O)C=CC1CCC(=O)C1CCCCCCC(=O)O. The summed E-state index contributed by atoms with van der Waals surface area (Å²) in [4.78, 5) is 22.7. The number of unbranched alkanes of at least 4 members (excludes halogenated alkanes) is 4. The van der Waals surface area contributed by atoms with Crippen LogP contribution in [-0.4, -0.2) is 28.1 Å². The molecule has 0 radical (unpaired) electrons. The Morgan fingerprint density at radius 1 is 1.23 bits per heavy atom. The first-order chi connectivity index (χ1) is 12.4. The number of hydrogen-bond acceptors (Lipinski definition) is 3. The van der Waals surface area contributed by atoms with E-state index in [0.717, 1.165) is 51.4 Å². The summed E-state index contributed by atoms with van der Waals surface area (Å²) in [6.45, 7) is 4.38. The number of Topliss-reactive ketones (excluding diaryl/α,β-unsaturated/α-hetero) is 1. The number of carbonyl (C=O) groups excluding carboxylic acids is 1. The molecule has 1 saturated carbocycles. The quantitative estimate of drug-likeness (QED) is 0.330. The van der Waals surface area contributed by atoms with Crippen LogP contribution in [0.5, 0.6) is 0 Å². The van der Waals surface area contributed by atoms with Crippen LogP contribution in [0.3, 0.4) is 0 Å². The van der Waals surface area contributed by atoms with Crippen LogP contribution in [-0.2, 0) is 9.59 Å². The molecule has 0 heterocycles. The summed E-state index contributed by atoms with van der Waals surface area (Å²) in [5.41, 5.74) is 0. The van der Waals surface area contributed by atoms with E-state index in [2.05, 4.69) is 19.9 Å². The number of aliphatic carboxylic acids is 1. The standard InChI is InChI=1S/C22H38O4/c1-3-4-9-17(2)16-19(23)14-12-18-13-15-21(24)20(18)10-7-5-6-8-11-22(25)26/h12,14,17-20,23H,3-11,13,15-16H2,1-2H3,(H,25,26). The highest BCUT2D eigenvalue weighted by atomic mass is 16.4. The molecule has 1 rings (SSSR count). The number of aliphatic hydroxyl groups excluding tert-OH is 1. The molecule has 4 nitrogen and oxygen atoms in total. The summed E-state index contributed by atoms with van der Waals surface area (Å²) in [5, 5.41) is 18.9. The van der Waals surface area contributed by atoms with Crippen LogP contribution in [0.1, 0.15) is 90.9 Å². The highest BCUT2D eigenvalue weighted by Crippen LogP contribution is 2.34. The highest BCUT2D eigenvalue weighted by molar-refractivity contribution is 5.83. The van der Waals surface area contributed by atoms with E-state index in [1.54, 1.807) is 0 Å². The van der Waals surface area contributed by atoms with Crippen molar-refractivity contribution in [2.45, 2.75) is 97.0 Å². The molecule has 2 N–H and O–H groups in total. The number of allylic oxidation sites excluding steroid dienone is 1. The van der Waals surface area contributed by atoms with E-state index in [1.165, 1.54) is 12.8 Å². The van der Waals surface area contributed by atoms with E-state index in [0.29, 0.717) is 18.1 Å². The Morgan fingerprint density at radius 2 is 1.96 bits per heavy atom. The first-order valence-electron chi connectivity index (χ1n) is 10.5. The van der Waals surface area contributed by atoms with E-state index in [4.69, 9.17) is 5.11 Å². The van der Waals surface area contributed by atoms with Gasteiger partial charge in [-0.25, -0.2) is 0 Å². The summed E-state index contributed by atoms with van der Waals surface area (Å²) in [5.74, 6) is 0.513. The van der Waals surface area contributed by atoms with Crippen LogP contribution in [0.2, 0.25) is 0 Å². The van der Waals surface area contributed by atoms with Gasteiger partial charge in [-0.3, -0.25) is 9.59 Å². The number of aliphatic hydroxyl groups is 1. The Kier molecular flexibility index (Phi) is 11.5. The minimum Gasteiger partial charge on any atom is -0.481 e. The van der Waals surface area contributed by atoms with Crippen molar-refractivity contribution >= 4 is 11.8 Å². The Morgan fingerprint density at radius 3 is 2.65 bits per heavy atom. The first kappa shape index (κ1) is 22.9. The van der Waals surface area contributed by atoms with Gasteiger partial charge in [0.05, 0.1) is 6.10 Å². The summed E-state index contributed by atoms with van der Waals surface area (Å²) in [7, 11) is 0. The van der Waals surface area contributed by atoms with Gasteiger partial charge in [0.1, 0.15) is 5.78 Å². The molecular formula is C22H38O4. The zero-order valence-corrected chi connectivity index (χ0v) is 16.7. The fourth-order valence-electron chi connectivity index (χ4n) is 3.97. The van der Waals surface area contributed by atoms with Crippen LogP contribution in [0.4, 0.5) is 0 Å². The van der Waals surface area contributed by atoms with Gasteiger partial charge in [0.25, 0.3) is 0 Å². The lowest BCUT2D eigenvalue weighted by Crippen LogP contribution is -2.14. The van der Waals surface area contributed by atoms with Crippen molar-refractivity contribution in [3.8, 4) is 0 Å². The van der Waals surface area contributed by atoms with Crippen molar-refractivity contribution < 1.29 is 19.8 Å². The number of carboxylic acid groups (broad SMARTS) is 1. The number of carboxylic acids is 1. The summed E-state index contributed by atoms with van der Waals surface area (Å²) in [6, 6.07) is 0. The largest absolute Gasteiger partial charge is 0.481 e. The zero-order chi connectivity index (χ0) is 19.4. The van der Waals surface area contributed by atoms with Gasteiger partial charge in [-0.1, -0.05) is 64.5 Å². The van der Waals surface area contributed by atoms with Gasteiger partial charge >= 0.3 is 5.97 Å². The fraction of sp³-hybridized carbons (Fsp3) is 0.818. The molecule has 1 aliphatic carbocycles. The Hall–Kier alpha value is -1.16. The predicted octanol–water partition coefficient (Wildman–Crippen LogP) is 5.14. The minimum absolute atomic E-state index is 0.0930. The van der Waals surface area contributed by atoms with Gasteiger partial charge in [-0.2, -0.15) is 0 Å². The van der Waals surface area contributed by atoms with Crippen LogP contribution in [0, 0.1) is 17.8 Å². The minimum atomic E-state index is -0.733. The molecule has 1 aliphatic rings. The second-order valence-corrected chi connectivity index (χ2v) is 8.06. The summed E-state index contributed by atoms with van der Waals surface area (Å²) >= 11 is 0. The molecule has 0 saturated heterocycles. The zero-order valence-electron chi connectivity index (χ0n) is 16.7. The second-order valence-electron chi connectivity index (χ2n) is 8.06. The van der Waals surface area contributed by atoms with Gasteiger partial charge in [0.2, 0.25) is 0 Å². The number of rotatable bonds is 14. The Labute approximate surface area is 159 Å². The molecule has 0 aromatic rings. The lowest BCUT2D eigenvalue weighted by molar-refractivity contribution is -0.137. The third-order valence-electron chi connectivity index (χ3n) is 5.59. The van der Waals surface area contributed by atoms with Crippen LogP contribution >= 0.6 is 0 Å². The molecule has 4 atom stereocenters. The maximum Gasteiger partial charge on any atom is 0.303 e. The van der Waals surface area contributed by atoms with Crippen LogP contribution < -0.4 is 0 Å². The number of carbonyl (C=O) groups is 2. The molecule has 1 fully saturated rings. The second kappa shape index (κ2) is 13.1. The van der Waals surface area contributed by atoms with E-state index in [-0.39, 0.29) is 18.3 Å². The van der Waals surface area contributed by atoms with Crippen LogP contribution in [0.15, 0.2) is 12.2 Å². The molecule has 0 aromatic carbocycles. The summed E-state index contributed by atoms with van der Waals surface area (Å²) < 4.78 is 0. The molecule has 0 spiro atoms. The van der Waals surface area contributed by atoms with Gasteiger partial charge in [-0.15, -0.1) is 0 Å². The van der Waals surface area contributed by atoms with Crippen molar-refractivity contribution in [3.05, 3.63) is 12.2 Å². The summed E-state index contributed by atoms with van der Waals surface area (Å²) in [6.07, 6.45) is 14.2. The van der Waals surface area contributed by atoms with Crippen molar-refractivity contribution in [2.75, 3.05) is 0 Å². The van der Waals surface area contributed by atoms with Gasteiger partial charge in [-0.05, 0) is 37.5 Å². The van der Waals surface area contributed by atoms with E-state index in [1.807, 2.05) is 6.08 Å². The van der Waals surface area contributed by atoms with Gasteiger partial charge in [0, 0.05) is 18.8 Å². The van der Waals surface area contributed by atoms with Crippen LogP contribution in [0.25, 0.3) is 0 Å². The number of hydrogen-bond donors (Lipinski definition) is 2. The van der Waals surface area contributed by atoms with Gasteiger partial charge < -0.3 is 10.2 Å². The smallest absolute Gasteiger partial charge is 0.303 e. The molecule has 4 unspecified atom stereocenters. The maximum atomic E-state index is 12.2. The number of ketones is 1. The third kappa shape index (κ3) is 9.51. The maximum absolute atomic E-state index is 12.2. The molecule has 26 heavy (non-hydrogen) atoms. The van der Waals surface area contributed by atoms with Gasteiger partial charge in [0.15, 0.2) is 0 Å². The van der Waals surface area contributed by atoms with Crippen molar-refractivity contribution in [3.63, 3.8) is 0 Å². The molecular weight excluding hydrogens is 328 g/mol. The van der Waals surface area contributed by atoms with Crippen molar-refractivity contribution in [1.29, 1.82) is 0 Å². The monoisotopic (exact) mass is 366 g/mol. The Balaban J connectivity index is 2.32. The lowest BCUT2D eigenvalue weighted by Gasteiger charge is -2.17. The normalized spacial score (nSPS) is 22.8. The predicted molar refractivity (Wildman–Crippen MR) is 105 cm³/mol. The molecule has 0 bridgehead atoms. The molecule has 0 aromatic heterocycles. The topological polar surface area (TPSA) is 74.6 Å². The van der Waals surface area contributed by atoms with Crippen molar-refractivity contribution in [1.82, 2.24) is 0 Å².